The lowest BCUT2D eigenvalue weighted by molar-refractivity contribution is -0.135. The molecule has 116 valence electrons. The fourth-order valence-electron chi connectivity index (χ4n) is 3.41. The van der Waals surface area contributed by atoms with E-state index in [0.717, 1.165) is 39.1 Å². The minimum atomic E-state index is 0.354. The summed E-state index contributed by atoms with van der Waals surface area (Å²) in [6.45, 7) is 10.1. The average Bonchev–Trinajstić information content (AvgIpc) is 2.81. The lowest BCUT2D eigenvalue weighted by Gasteiger charge is -2.32. The molecule has 20 heavy (non-hydrogen) atoms. The van der Waals surface area contributed by atoms with E-state index in [1.165, 1.54) is 25.7 Å². The van der Waals surface area contributed by atoms with Crippen LogP contribution in [0.1, 0.15) is 46.0 Å². The molecule has 2 fully saturated rings. The molecule has 0 bridgehead atoms. The zero-order valence-electron chi connectivity index (χ0n) is 13.2. The van der Waals surface area contributed by atoms with Crippen molar-refractivity contribution in [3.63, 3.8) is 0 Å². The number of carbonyl (C=O) groups excluding carboxylic acids is 1. The normalized spacial score (nSPS) is 22.1. The molecule has 1 amide bonds. The van der Waals surface area contributed by atoms with Gasteiger partial charge in [0.1, 0.15) is 0 Å². The summed E-state index contributed by atoms with van der Waals surface area (Å²) in [5, 5.41) is 3.40. The third-order valence-electron chi connectivity index (χ3n) is 4.44. The molecule has 1 saturated carbocycles. The van der Waals surface area contributed by atoms with Gasteiger partial charge in [-0.2, -0.15) is 0 Å². The summed E-state index contributed by atoms with van der Waals surface area (Å²) in [5.41, 5.74) is 0. The molecule has 1 saturated heterocycles. The lowest BCUT2D eigenvalue weighted by Crippen LogP contribution is -2.47. The number of hydrogen-bond acceptors (Lipinski definition) is 3. The first-order valence-corrected chi connectivity index (χ1v) is 8.39. The van der Waals surface area contributed by atoms with Crippen LogP contribution in [0.2, 0.25) is 0 Å². The van der Waals surface area contributed by atoms with Crippen molar-refractivity contribution >= 4 is 5.91 Å². The van der Waals surface area contributed by atoms with Crippen molar-refractivity contribution in [2.24, 2.45) is 5.92 Å². The van der Waals surface area contributed by atoms with Gasteiger partial charge in [0.25, 0.3) is 0 Å². The van der Waals surface area contributed by atoms with Crippen LogP contribution in [0.4, 0.5) is 0 Å². The SMILES string of the molecule is CC(C)CN(C(=O)CN1CCCNCC1)C1CCCC1. The Kier molecular flexibility index (Phi) is 6.30. The quantitative estimate of drug-likeness (QED) is 0.833. The van der Waals surface area contributed by atoms with Gasteiger partial charge >= 0.3 is 0 Å². The van der Waals surface area contributed by atoms with Crippen LogP contribution in [0, 0.1) is 5.92 Å². The molecule has 1 aliphatic carbocycles. The van der Waals surface area contributed by atoms with Gasteiger partial charge < -0.3 is 10.2 Å². The van der Waals surface area contributed by atoms with E-state index in [-0.39, 0.29) is 0 Å². The molecular formula is C16H31N3O. The Morgan fingerprint density at radius 3 is 2.65 bits per heavy atom. The second-order valence-electron chi connectivity index (χ2n) is 6.76. The average molecular weight is 281 g/mol. The van der Waals surface area contributed by atoms with Crippen molar-refractivity contribution in [1.82, 2.24) is 15.1 Å². The Labute approximate surface area is 123 Å². The largest absolute Gasteiger partial charge is 0.338 e. The van der Waals surface area contributed by atoms with E-state index in [1.807, 2.05) is 0 Å². The number of amides is 1. The van der Waals surface area contributed by atoms with Gasteiger partial charge in [0.2, 0.25) is 5.91 Å². The number of rotatable bonds is 5. The Bertz CT molecular complexity index is 292. The van der Waals surface area contributed by atoms with E-state index < -0.39 is 0 Å². The van der Waals surface area contributed by atoms with Gasteiger partial charge in [-0.05, 0) is 38.3 Å². The van der Waals surface area contributed by atoms with Crippen LogP contribution in [-0.2, 0) is 4.79 Å². The molecule has 0 atom stereocenters. The Morgan fingerprint density at radius 2 is 1.95 bits per heavy atom. The van der Waals surface area contributed by atoms with Crippen molar-refractivity contribution < 1.29 is 4.79 Å². The molecule has 0 aromatic rings. The third kappa shape index (κ3) is 4.74. The minimum absolute atomic E-state index is 0.354. The second kappa shape index (κ2) is 7.99. The molecule has 0 unspecified atom stereocenters. The van der Waals surface area contributed by atoms with Crippen molar-refractivity contribution in [2.45, 2.75) is 52.0 Å². The Morgan fingerprint density at radius 1 is 1.20 bits per heavy atom. The van der Waals surface area contributed by atoms with E-state index in [2.05, 4.69) is 29.0 Å². The monoisotopic (exact) mass is 281 g/mol. The van der Waals surface area contributed by atoms with E-state index in [1.54, 1.807) is 0 Å². The van der Waals surface area contributed by atoms with Crippen LogP contribution in [0.15, 0.2) is 0 Å². The highest BCUT2D eigenvalue weighted by molar-refractivity contribution is 5.78. The van der Waals surface area contributed by atoms with E-state index >= 15 is 0 Å². The first-order chi connectivity index (χ1) is 9.66. The summed E-state index contributed by atoms with van der Waals surface area (Å²) in [7, 11) is 0. The molecule has 0 spiro atoms. The maximum Gasteiger partial charge on any atom is 0.237 e. The Balaban J connectivity index is 1.90. The third-order valence-corrected chi connectivity index (χ3v) is 4.44. The molecule has 0 radical (unpaired) electrons. The van der Waals surface area contributed by atoms with Gasteiger partial charge in [0.15, 0.2) is 0 Å². The lowest BCUT2D eigenvalue weighted by atomic mass is 10.1. The summed E-state index contributed by atoms with van der Waals surface area (Å²) in [6.07, 6.45) is 6.15. The maximum absolute atomic E-state index is 12.7. The number of hydrogen-bond donors (Lipinski definition) is 1. The first-order valence-electron chi connectivity index (χ1n) is 8.39. The zero-order valence-corrected chi connectivity index (χ0v) is 13.2. The van der Waals surface area contributed by atoms with Crippen LogP contribution < -0.4 is 5.32 Å². The summed E-state index contributed by atoms with van der Waals surface area (Å²) < 4.78 is 0. The van der Waals surface area contributed by atoms with Crippen molar-refractivity contribution in [2.75, 3.05) is 39.3 Å². The van der Waals surface area contributed by atoms with Crippen LogP contribution >= 0.6 is 0 Å². The molecule has 1 aliphatic heterocycles. The number of nitrogens with zero attached hydrogens (tertiary/aromatic N) is 2. The van der Waals surface area contributed by atoms with Gasteiger partial charge in [0, 0.05) is 25.7 Å². The van der Waals surface area contributed by atoms with E-state index in [4.69, 9.17) is 0 Å². The van der Waals surface area contributed by atoms with E-state index in [9.17, 15) is 4.79 Å². The summed E-state index contributed by atoms with van der Waals surface area (Å²) in [5.74, 6) is 0.915. The highest BCUT2D eigenvalue weighted by atomic mass is 16.2. The second-order valence-corrected chi connectivity index (χ2v) is 6.76. The molecule has 4 nitrogen and oxygen atoms in total. The van der Waals surface area contributed by atoms with Gasteiger partial charge in [-0.3, -0.25) is 9.69 Å². The van der Waals surface area contributed by atoms with Crippen molar-refractivity contribution in [1.29, 1.82) is 0 Å². The molecule has 2 rings (SSSR count). The molecular weight excluding hydrogens is 250 g/mol. The molecule has 0 aromatic heterocycles. The fraction of sp³-hybridized carbons (Fsp3) is 0.938. The minimum Gasteiger partial charge on any atom is -0.338 e. The number of carbonyl (C=O) groups is 1. The zero-order chi connectivity index (χ0) is 14.4. The molecule has 2 aliphatic rings. The summed E-state index contributed by atoms with van der Waals surface area (Å²) in [4.78, 5) is 17.2. The first kappa shape index (κ1) is 15.8. The Hall–Kier alpha value is -0.610. The van der Waals surface area contributed by atoms with Crippen LogP contribution in [0.25, 0.3) is 0 Å². The topological polar surface area (TPSA) is 35.6 Å². The van der Waals surface area contributed by atoms with Gasteiger partial charge in [-0.1, -0.05) is 26.7 Å². The van der Waals surface area contributed by atoms with Crippen molar-refractivity contribution in [3.05, 3.63) is 0 Å². The molecule has 4 heteroatoms. The van der Waals surface area contributed by atoms with Crippen LogP contribution in [0.3, 0.4) is 0 Å². The predicted octanol–water partition coefficient (Wildman–Crippen LogP) is 1.71. The summed E-state index contributed by atoms with van der Waals surface area (Å²) in [6, 6.07) is 0.509. The molecule has 0 aromatic carbocycles. The van der Waals surface area contributed by atoms with Crippen LogP contribution in [-0.4, -0.2) is 61.0 Å². The van der Waals surface area contributed by atoms with Gasteiger partial charge in [-0.15, -0.1) is 0 Å². The summed E-state index contributed by atoms with van der Waals surface area (Å²) >= 11 is 0. The molecule has 1 N–H and O–H groups in total. The predicted molar refractivity (Wildman–Crippen MR) is 82.7 cm³/mol. The molecule has 1 heterocycles. The van der Waals surface area contributed by atoms with Crippen molar-refractivity contribution in [3.8, 4) is 0 Å². The number of nitrogens with one attached hydrogen (secondary N) is 1. The smallest absolute Gasteiger partial charge is 0.237 e. The standard InChI is InChI=1S/C16H31N3O/c1-14(2)12-19(15-6-3-4-7-15)16(20)13-18-10-5-8-17-9-11-18/h14-15,17H,3-13H2,1-2H3. The fourth-order valence-corrected chi connectivity index (χ4v) is 3.41. The highest BCUT2D eigenvalue weighted by Crippen LogP contribution is 2.24. The van der Waals surface area contributed by atoms with Gasteiger partial charge in [-0.25, -0.2) is 0 Å². The maximum atomic E-state index is 12.7. The van der Waals surface area contributed by atoms with E-state index in [0.29, 0.717) is 24.4 Å². The van der Waals surface area contributed by atoms with Gasteiger partial charge in [0.05, 0.1) is 6.54 Å². The van der Waals surface area contributed by atoms with Crippen LogP contribution in [0.5, 0.6) is 0 Å². The highest BCUT2D eigenvalue weighted by Gasteiger charge is 2.28.